The number of amidine groups is 1. The van der Waals surface area contributed by atoms with Crippen LogP contribution in [0.5, 0.6) is 0 Å². The Hall–Kier alpha value is -2.36. The van der Waals surface area contributed by atoms with E-state index in [1.807, 2.05) is 24.1 Å². The Kier molecular flexibility index (Phi) is 3.51. The number of rotatable bonds is 3. The molecule has 3 N–H and O–H groups in total. The number of hydrogen-bond donors (Lipinski definition) is 2. The molecule has 4 nitrogen and oxygen atoms in total. The van der Waals surface area contributed by atoms with Crippen molar-refractivity contribution < 1.29 is 0 Å². The van der Waals surface area contributed by atoms with Crippen LogP contribution in [0, 0.1) is 19.3 Å². The molecule has 0 aliphatic heterocycles. The SMILES string of the molecule is Cc1ccc(N(C)c2cccc(C(=N)N)n2)c(C)c1. The summed E-state index contributed by atoms with van der Waals surface area (Å²) in [7, 11) is 1.96. The lowest BCUT2D eigenvalue weighted by molar-refractivity contribution is 1.10. The first-order valence-corrected chi connectivity index (χ1v) is 6.11. The molecule has 0 amide bonds. The molecule has 2 rings (SSSR count). The van der Waals surface area contributed by atoms with Crippen molar-refractivity contribution in [3.63, 3.8) is 0 Å². The number of benzene rings is 1. The van der Waals surface area contributed by atoms with Crippen molar-refractivity contribution in [2.45, 2.75) is 13.8 Å². The lowest BCUT2D eigenvalue weighted by Crippen LogP contribution is -2.17. The van der Waals surface area contributed by atoms with E-state index in [2.05, 4.69) is 37.0 Å². The van der Waals surface area contributed by atoms with Gasteiger partial charge in [-0.2, -0.15) is 0 Å². The molecule has 0 saturated carbocycles. The maximum absolute atomic E-state index is 7.44. The molecule has 0 aliphatic carbocycles. The molecule has 0 bridgehead atoms. The van der Waals surface area contributed by atoms with E-state index >= 15 is 0 Å². The molecule has 0 atom stereocenters. The van der Waals surface area contributed by atoms with E-state index < -0.39 is 0 Å². The minimum atomic E-state index is -0.0177. The quantitative estimate of drug-likeness (QED) is 0.654. The molecule has 19 heavy (non-hydrogen) atoms. The van der Waals surface area contributed by atoms with Crippen molar-refractivity contribution in [2.75, 3.05) is 11.9 Å². The van der Waals surface area contributed by atoms with E-state index in [0.29, 0.717) is 5.69 Å². The smallest absolute Gasteiger partial charge is 0.141 e. The van der Waals surface area contributed by atoms with E-state index in [1.165, 1.54) is 11.1 Å². The van der Waals surface area contributed by atoms with Crippen LogP contribution >= 0.6 is 0 Å². The Balaban J connectivity index is 2.41. The van der Waals surface area contributed by atoms with Crippen molar-refractivity contribution in [1.82, 2.24) is 4.98 Å². The minimum absolute atomic E-state index is 0.0177. The van der Waals surface area contributed by atoms with Crippen molar-refractivity contribution in [3.05, 3.63) is 53.2 Å². The lowest BCUT2D eigenvalue weighted by atomic mass is 10.1. The number of pyridine rings is 1. The monoisotopic (exact) mass is 254 g/mol. The van der Waals surface area contributed by atoms with Crippen LogP contribution in [0.15, 0.2) is 36.4 Å². The normalized spacial score (nSPS) is 10.3. The Morgan fingerprint density at radius 1 is 1.21 bits per heavy atom. The fourth-order valence-corrected chi connectivity index (χ4v) is 2.07. The van der Waals surface area contributed by atoms with Gasteiger partial charge in [0.25, 0.3) is 0 Å². The Morgan fingerprint density at radius 2 is 1.95 bits per heavy atom. The van der Waals surface area contributed by atoms with Gasteiger partial charge in [-0.05, 0) is 37.6 Å². The van der Waals surface area contributed by atoms with Crippen LogP contribution in [-0.4, -0.2) is 17.9 Å². The first-order valence-electron chi connectivity index (χ1n) is 6.11. The summed E-state index contributed by atoms with van der Waals surface area (Å²) < 4.78 is 0. The molecule has 0 fully saturated rings. The van der Waals surface area contributed by atoms with Gasteiger partial charge in [-0.15, -0.1) is 0 Å². The molecule has 0 spiro atoms. The summed E-state index contributed by atoms with van der Waals surface area (Å²) in [5.74, 6) is 0.760. The third-order valence-electron chi connectivity index (χ3n) is 3.07. The van der Waals surface area contributed by atoms with Gasteiger partial charge in [0, 0.05) is 12.7 Å². The first-order chi connectivity index (χ1) is 8.99. The maximum Gasteiger partial charge on any atom is 0.141 e. The predicted octanol–water partition coefficient (Wildman–Crippen LogP) is 2.75. The number of nitrogen functional groups attached to an aromatic ring is 1. The first kappa shape index (κ1) is 13.1. The zero-order valence-corrected chi connectivity index (χ0v) is 11.4. The molecule has 0 radical (unpaired) electrons. The minimum Gasteiger partial charge on any atom is -0.382 e. The van der Waals surface area contributed by atoms with Crippen LogP contribution in [0.2, 0.25) is 0 Å². The van der Waals surface area contributed by atoms with Crippen LogP contribution in [0.3, 0.4) is 0 Å². The molecule has 0 saturated heterocycles. The largest absolute Gasteiger partial charge is 0.382 e. The molecular weight excluding hydrogens is 236 g/mol. The summed E-state index contributed by atoms with van der Waals surface area (Å²) >= 11 is 0. The van der Waals surface area contributed by atoms with Crippen molar-refractivity contribution >= 4 is 17.3 Å². The molecule has 1 aromatic heterocycles. The summed E-state index contributed by atoms with van der Waals surface area (Å²) in [6, 6.07) is 11.8. The zero-order valence-electron chi connectivity index (χ0n) is 11.4. The Bertz CT molecular complexity index is 619. The summed E-state index contributed by atoms with van der Waals surface area (Å²) in [6.45, 7) is 4.15. The van der Waals surface area contributed by atoms with Gasteiger partial charge in [-0.1, -0.05) is 23.8 Å². The van der Waals surface area contributed by atoms with E-state index in [-0.39, 0.29) is 5.84 Å². The van der Waals surface area contributed by atoms with Gasteiger partial charge in [-0.25, -0.2) is 4.98 Å². The van der Waals surface area contributed by atoms with E-state index in [0.717, 1.165) is 11.5 Å². The molecule has 2 aromatic rings. The predicted molar refractivity (Wildman–Crippen MR) is 79.2 cm³/mol. The number of nitrogens with two attached hydrogens (primary N) is 1. The fraction of sp³-hybridized carbons (Fsp3) is 0.200. The van der Waals surface area contributed by atoms with Gasteiger partial charge in [-0.3, -0.25) is 5.41 Å². The second kappa shape index (κ2) is 5.10. The fourth-order valence-electron chi connectivity index (χ4n) is 2.07. The molecular formula is C15H18N4. The van der Waals surface area contributed by atoms with Crippen LogP contribution in [0.4, 0.5) is 11.5 Å². The summed E-state index contributed by atoms with van der Waals surface area (Å²) in [5.41, 5.74) is 9.49. The van der Waals surface area contributed by atoms with Crippen LogP contribution in [0.1, 0.15) is 16.8 Å². The lowest BCUT2D eigenvalue weighted by Gasteiger charge is -2.21. The van der Waals surface area contributed by atoms with Gasteiger partial charge in [0.15, 0.2) is 0 Å². The topological polar surface area (TPSA) is 66.0 Å². The van der Waals surface area contributed by atoms with Gasteiger partial charge >= 0.3 is 0 Å². The molecule has 98 valence electrons. The van der Waals surface area contributed by atoms with Crippen LogP contribution in [-0.2, 0) is 0 Å². The average molecular weight is 254 g/mol. The Morgan fingerprint density at radius 3 is 2.58 bits per heavy atom. The molecule has 4 heteroatoms. The number of aromatic nitrogens is 1. The highest BCUT2D eigenvalue weighted by Gasteiger charge is 2.09. The highest BCUT2D eigenvalue weighted by Crippen LogP contribution is 2.26. The third-order valence-corrected chi connectivity index (χ3v) is 3.07. The van der Waals surface area contributed by atoms with Crippen molar-refractivity contribution in [1.29, 1.82) is 5.41 Å². The summed E-state index contributed by atoms with van der Waals surface area (Å²) in [5, 5.41) is 7.44. The second-order valence-electron chi connectivity index (χ2n) is 4.64. The highest BCUT2D eigenvalue weighted by atomic mass is 15.2. The van der Waals surface area contributed by atoms with Gasteiger partial charge < -0.3 is 10.6 Å². The maximum atomic E-state index is 7.44. The summed E-state index contributed by atoms with van der Waals surface area (Å²) in [4.78, 5) is 6.39. The Labute approximate surface area is 113 Å². The number of aryl methyl sites for hydroxylation is 2. The number of anilines is 2. The molecule has 1 heterocycles. The van der Waals surface area contributed by atoms with Gasteiger partial charge in [0.05, 0.1) is 0 Å². The van der Waals surface area contributed by atoms with Gasteiger partial charge in [0.1, 0.15) is 17.3 Å². The van der Waals surface area contributed by atoms with Crippen molar-refractivity contribution in [3.8, 4) is 0 Å². The zero-order chi connectivity index (χ0) is 14.0. The standard InChI is InChI=1S/C15H18N4/c1-10-7-8-13(11(2)9-10)19(3)14-6-4-5-12(18-14)15(16)17/h4-9H,1-3H3,(H3,16,17). The van der Waals surface area contributed by atoms with E-state index in [4.69, 9.17) is 11.1 Å². The molecule has 1 aromatic carbocycles. The number of hydrogen-bond acceptors (Lipinski definition) is 3. The van der Waals surface area contributed by atoms with Crippen molar-refractivity contribution in [2.24, 2.45) is 5.73 Å². The van der Waals surface area contributed by atoms with E-state index in [1.54, 1.807) is 6.07 Å². The second-order valence-corrected chi connectivity index (χ2v) is 4.64. The summed E-state index contributed by atoms with van der Waals surface area (Å²) in [6.07, 6.45) is 0. The highest BCUT2D eigenvalue weighted by molar-refractivity contribution is 5.93. The van der Waals surface area contributed by atoms with Crippen LogP contribution in [0.25, 0.3) is 0 Å². The number of nitrogens with one attached hydrogen (secondary N) is 1. The van der Waals surface area contributed by atoms with Crippen LogP contribution < -0.4 is 10.6 Å². The third kappa shape index (κ3) is 2.73. The van der Waals surface area contributed by atoms with E-state index in [9.17, 15) is 0 Å². The molecule has 0 unspecified atom stereocenters. The van der Waals surface area contributed by atoms with Gasteiger partial charge in [0.2, 0.25) is 0 Å². The molecule has 0 aliphatic rings. The number of nitrogens with zero attached hydrogens (tertiary/aromatic N) is 2. The average Bonchev–Trinajstić information content (AvgIpc) is 2.38.